The fraction of sp³-hybridized carbons (Fsp3) is 0.778. The van der Waals surface area contributed by atoms with Gasteiger partial charge in [0.15, 0.2) is 5.82 Å². The number of aliphatic hydroxyl groups excluding tert-OH is 1. The second-order valence-electron chi connectivity index (χ2n) is 3.25. The van der Waals surface area contributed by atoms with Crippen molar-refractivity contribution in [1.82, 2.24) is 14.8 Å². The summed E-state index contributed by atoms with van der Waals surface area (Å²) in [6.07, 6.45) is -0.126. The lowest BCUT2D eigenvalue weighted by Gasteiger charge is -2.11. The molecule has 0 amide bonds. The number of rotatable bonds is 6. The molecule has 1 aromatic heterocycles. The molecule has 1 atom stereocenters. The maximum absolute atomic E-state index is 9.78. The third-order valence-corrected chi connectivity index (χ3v) is 2.17. The third kappa shape index (κ3) is 2.66. The van der Waals surface area contributed by atoms with Gasteiger partial charge in [0.2, 0.25) is 5.95 Å². The third-order valence-electron chi connectivity index (χ3n) is 2.17. The summed E-state index contributed by atoms with van der Waals surface area (Å²) in [4.78, 5) is 0. The summed E-state index contributed by atoms with van der Waals surface area (Å²) in [6, 6.07) is 0. The van der Waals surface area contributed by atoms with Crippen LogP contribution in [0.2, 0.25) is 0 Å². The van der Waals surface area contributed by atoms with Gasteiger partial charge in [-0.1, -0.05) is 0 Å². The van der Waals surface area contributed by atoms with Crippen LogP contribution in [0.1, 0.15) is 32.2 Å². The van der Waals surface area contributed by atoms with E-state index < -0.39 is 6.10 Å². The Kier molecular flexibility index (Phi) is 4.51. The molecule has 0 saturated heterocycles. The first kappa shape index (κ1) is 11.9. The number of nitrogens with zero attached hydrogens (tertiary/aromatic N) is 3. The van der Waals surface area contributed by atoms with Crippen LogP contribution in [-0.4, -0.2) is 33.0 Å². The van der Waals surface area contributed by atoms with E-state index in [2.05, 4.69) is 15.5 Å². The summed E-state index contributed by atoms with van der Waals surface area (Å²) in [5, 5.41) is 20.8. The zero-order valence-corrected chi connectivity index (χ0v) is 9.27. The Morgan fingerprint density at radius 2 is 2.20 bits per heavy atom. The van der Waals surface area contributed by atoms with Crippen LogP contribution in [0, 0.1) is 0 Å². The van der Waals surface area contributed by atoms with Crippen molar-refractivity contribution in [2.45, 2.75) is 32.9 Å². The zero-order chi connectivity index (χ0) is 11.3. The number of aromatic nitrogens is 3. The molecule has 0 aliphatic carbocycles. The molecule has 1 aromatic rings. The van der Waals surface area contributed by atoms with Gasteiger partial charge in [0.05, 0.1) is 0 Å². The molecule has 0 bridgehead atoms. The average molecular weight is 213 g/mol. The molecule has 0 fully saturated rings. The topological polar surface area (TPSA) is 89.0 Å². The highest BCUT2D eigenvalue weighted by Crippen LogP contribution is 2.17. The Balaban J connectivity index is 2.87. The predicted octanol–water partition coefficient (Wildman–Crippen LogP) is 0.112. The first-order valence-corrected chi connectivity index (χ1v) is 5.29. The Labute approximate surface area is 89.5 Å². The molecule has 6 heteroatoms. The van der Waals surface area contributed by atoms with E-state index in [4.69, 9.17) is 5.73 Å². The van der Waals surface area contributed by atoms with Crippen molar-refractivity contribution in [1.29, 1.82) is 0 Å². The Bertz CT molecular complexity index is 299. The van der Waals surface area contributed by atoms with E-state index in [1.807, 2.05) is 18.4 Å². The Hall–Kier alpha value is -1.14. The van der Waals surface area contributed by atoms with Crippen LogP contribution in [0.5, 0.6) is 0 Å². The van der Waals surface area contributed by atoms with Crippen molar-refractivity contribution in [2.75, 3.05) is 18.4 Å². The van der Waals surface area contributed by atoms with Gasteiger partial charge in [0, 0.05) is 13.1 Å². The van der Waals surface area contributed by atoms with Crippen molar-refractivity contribution >= 4 is 5.95 Å². The number of hydrogen-bond donors (Lipinski definition) is 3. The summed E-state index contributed by atoms with van der Waals surface area (Å²) in [6.45, 7) is 5.93. The molecule has 4 N–H and O–H groups in total. The zero-order valence-electron chi connectivity index (χ0n) is 9.27. The maximum Gasteiger partial charge on any atom is 0.224 e. The van der Waals surface area contributed by atoms with E-state index in [9.17, 15) is 5.11 Å². The molecule has 6 nitrogen and oxygen atoms in total. The van der Waals surface area contributed by atoms with Crippen LogP contribution in [0.25, 0.3) is 0 Å². The average Bonchev–Trinajstić information content (AvgIpc) is 2.62. The lowest BCUT2D eigenvalue weighted by Crippen LogP contribution is -2.14. The molecule has 0 spiro atoms. The number of hydrogen-bond acceptors (Lipinski definition) is 5. The highest BCUT2D eigenvalue weighted by molar-refractivity contribution is 5.26. The first-order valence-electron chi connectivity index (χ1n) is 5.29. The van der Waals surface area contributed by atoms with E-state index in [-0.39, 0.29) is 0 Å². The molecule has 0 saturated carbocycles. The molecule has 15 heavy (non-hydrogen) atoms. The van der Waals surface area contributed by atoms with Crippen molar-refractivity contribution in [3.05, 3.63) is 5.82 Å². The second-order valence-corrected chi connectivity index (χ2v) is 3.25. The molecule has 0 aliphatic heterocycles. The molecule has 0 aromatic carbocycles. The van der Waals surface area contributed by atoms with Crippen LogP contribution >= 0.6 is 0 Å². The maximum atomic E-state index is 9.78. The normalized spacial score (nSPS) is 12.8. The molecule has 0 unspecified atom stereocenters. The fourth-order valence-corrected chi connectivity index (χ4v) is 1.45. The second kappa shape index (κ2) is 5.67. The van der Waals surface area contributed by atoms with Crippen LogP contribution in [0.3, 0.4) is 0 Å². The summed E-state index contributed by atoms with van der Waals surface area (Å²) in [5.41, 5.74) is 5.39. The molecule has 1 heterocycles. The van der Waals surface area contributed by atoms with Crippen LogP contribution < -0.4 is 11.1 Å². The molecular formula is C9H19N5O. The minimum absolute atomic E-state index is 0.439. The summed E-state index contributed by atoms with van der Waals surface area (Å²) in [7, 11) is 0. The monoisotopic (exact) mass is 213 g/mol. The Morgan fingerprint density at radius 3 is 2.73 bits per heavy atom. The van der Waals surface area contributed by atoms with E-state index in [1.54, 1.807) is 0 Å². The highest BCUT2D eigenvalue weighted by Gasteiger charge is 2.16. The van der Waals surface area contributed by atoms with Gasteiger partial charge in [-0.3, -0.25) is 4.57 Å². The van der Waals surface area contributed by atoms with Gasteiger partial charge in [-0.15, -0.1) is 10.2 Å². The molecule has 86 valence electrons. The lowest BCUT2D eigenvalue weighted by molar-refractivity contribution is 0.155. The van der Waals surface area contributed by atoms with Gasteiger partial charge in [-0.05, 0) is 26.8 Å². The van der Waals surface area contributed by atoms with Gasteiger partial charge in [-0.2, -0.15) is 0 Å². The summed E-state index contributed by atoms with van der Waals surface area (Å²) >= 11 is 0. The highest BCUT2D eigenvalue weighted by atomic mass is 16.3. The van der Waals surface area contributed by atoms with Gasteiger partial charge in [0.25, 0.3) is 0 Å². The molecule has 1 rings (SSSR count). The van der Waals surface area contributed by atoms with Gasteiger partial charge < -0.3 is 16.2 Å². The van der Waals surface area contributed by atoms with Crippen LogP contribution in [-0.2, 0) is 6.54 Å². The fourth-order valence-electron chi connectivity index (χ4n) is 1.45. The van der Waals surface area contributed by atoms with Crippen LogP contribution in [0.4, 0.5) is 5.95 Å². The molecule has 0 aliphatic rings. The number of nitrogens with one attached hydrogen (secondary N) is 1. The minimum Gasteiger partial charge on any atom is -0.385 e. The van der Waals surface area contributed by atoms with E-state index in [1.165, 1.54) is 0 Å². The lowest BCUT2D eigenvalue weighted by atomic mass is 10.2. The quantitative estimate of drug-likeness (QED) is 0.624. The van der Waals surface area contributed by atoms with Gasteiger partial charge >= 0.3 is 0 Å². The minimum atomic E-state index is -0.630. The van der Waals surface area contributed by atoms with Gasteiger partial charge in [-0.25, -0.2) is 0 Å². The number of anilines is 1. The Morgan fingerprint density at radius 1 is 1.47 bits per heavy atom. The van der Waals surface area contributed by atoms with Gasteiger partial charge in [0.1, 0.15) is 6.10 Å². The van der Waals surface area contributed by atoms with E-state index in [0.29, 0.717) is 24.7 Å². The van der Waals surface area contributed by atoms with Crippen molar-refractivity contribution in [3.8, 4) is 0 Å². The SMILES string of the molecule is CCNc1nnc([C@@H](O)CCN)n1CC. The molecular weight excluding hydrogens is 194 g/mol. The number of aliphatic hydroxyl groups is 1. The number of nitrogens with two attached hydrogens (primary N) is 1. The van der Waals surface area contributed by atoms with E-state index >= 15 is 0 Å². The standard InChI is InChI=1S/C9H19N5O/c1-3-11-9-13-12-8(14(9)4-2)7(15)5-6-10/h7,15H,3-6,10H2,1-2H3,(H,11,13)/t7-/m0/s1. The smallest absolute Gasteiger partial charge is 0.224 e. The van der Waals surface area contributed by atoms with Crippen molar-refractivity contribution in [3.63, 3.8) is 0 Å². The summed E-state index contributed by atoms with van der Waals surface area (Å²) in [5.74, 6) is 1.28. The first-order chi connectivity index (χ1) is 7.24. The largest absolute Gasteiger partial charge is 0.385 e. The van der Waals surface area contributed by atoms with Crippen molar-refractivity contribution < 1.29 is 5.11 Å². The van der Waals surface area contributed by atoms with E-state index in [0.717, 1.165) is 13.1 Å². The predicted molar refractivity (Wildman–Crippen MR) is 58.5 cm³/mol. The van der Waals surface area contributed by atoms with Crippen molar-refractivity contribution in [2.24, 2.45) is 5.73 Å². The molecule has 0 radical (unpaired) electrons. The van der Waals surface area contributed by atoms with Crippen LogP contribution in [0.15, 0.2) is 0 Å². The summed E-state index contributed by atoms with van der Waals surface area (Å²) < 4.78 is 1.86.